The molecule has 1 aromatic carbocycles. The van der Waals surface area contributed by atoms with Gasteiger partial charge in [-0.2, -0.15) is 0 Å². The Bertz CT molecular complexity index is 684. The molecule has 6 heteroatoms. The first-order chi connectivity index (χ1) is 9.90. The molecular formula is C15H14N2O4. The summed E-state index contributed by atoms with van der Waals surface area (Å²) in [6, 6.07) is 5.92. The van der Waals surface area contributed by atoms with Crippen molar-refractivity contribution in [1.29, 1.82) is 0 Å². The third-order valence-corrected chi connectivity index (χ3v) is 3.30. The summed E-state index contributed by atoms with van der Waals surface area (Å²) < 4.78 is 0. The van der Waals surface area contributed by atoms with Gasteiger partial charge in [0.2, 0.25) is 0 Å². The highest BCUT2D eigenvalue weighted by Crippen LogP contribution is 2.27. The number of allylic oxidation sites excluding steroid dienone is 2. The van der Waals surface area contributed by atoms with Crippen molar-refractivity contribution < 1.29 is 14.5 Å². The molecule has 21 heavy (non-hydrogen) atoms. The quantitative estimate of drug-likeness (QED) is 0.678. The van der Waals surface area contributed by atoms with Crippen LogP contribution in [0.1, 0.15) is 25.8 Å². The van der Waals surface area contributed by atoms with Gasteiger partial charge in [-0.15, -0.1) is 0 Å². The zero-order valence-corrected chi connectivity index (χ0v) is 11.7. The summed E-state index contributed by atoms with van der Waals surface area (Å²) in [5.41, 5.74) is 2.27. The van der Waals surface area contributed by atoms with E-state index in [1.807, 2.05) is 0 Å². The number of hydrogen-bond acceptors (Lipinski definition) is 5. The van der Waals surface area contributed by atoms with Crippen LogP contribution in [0.3, 0.4) is 0 Å². The van der Waals surface area contributed by atoms with E-state index in [4.69, 9.17) is 0 Å². The molecule has 0 saturated carbocycles. The molecule has 1 N–H and O–H groups in total. The first kappa shape index (κ1) is 14.6. The maximum atomic E-state index is 11.8. The van der Waals surface area contributed by atoms with Gasteiger partial charge in [-0.3, -0.25) is 19.7 Å². The van der Waals surface area contributed by atoms with E-state index in [0.717, 1.165) is 0 Å². The molecule has 1 aliphatic heterocycles. The van der Waals surface area contributed by atoms with Gasteiger partial charge >= 0.3 is 0 Å². The fourth-order valence-corrected chi connectivity index (χ4v) is 2.11. The molecule has 0 amide bonds. The van der Waals surface area contributed by atoms with Gasteiger partial charge in [0.25, 0.3) is 5.69 Å². The van der Waals surface area contributed by atoms with Gasteiger partial charge in [0.1, 0.15) is 0 Å². The molecule has 0 fully saturated rings. The van der Waals surface area contributed by atoms with E-state index in [0.29, 0.717) is 22.4 Å². The number of nitrogens with one attached hydrogen (secondary N) is 1. The number of carbonyl (C=O) groups is 2. The summed E-state index contributed by atoms with van der Waals surface area (Å²) in [6.07, 6.45) is 1.84. The lowest BCUT2D eigenvalue weighted by molar-refractivity contribution is -0.384. The van der Waals surface area contributed by atoms with Crippen molar-refractivity contribution in [2.24, 2.45) is 0 Å². The van der Waals surface area contributed by atoms with Gasteiger partial charge in [0.05, 0.1) is 10.6 Å². The van der Waals surface area contributed by atoms with E-state index in [2.05, 4.69) is 5.32 Å². The predicted molar refractivity (Wildman–Crippen MR) is 77.2 cm³/mol. The summed E-state index contributed by atoms with van der Waals surface area (Å²) >= 11 is 0. The Hall–Kier alpha value is -2.76. The van der Waals surface area contributed by atoms with Gasteiger partial charge in [-0.25, -0.2) is 0 Å². The number of benzene rings is 1. The normalized spacial score (nSPS) is 14.3. The van der Waals surface area contributed by atoms with Crippen LogP contribution in [0.15, 0.2) is 41.6 Å². The van der Waals surface area contributed by atoms with E-state index >= 15 is 0 Å². The monoisotopic (exact) mass is 286 g/mol. The minimum absolute atomic E-state index is 0.0144. The number of non-ortho nitro benzene ring substituents is 1. The summed E-state index contributed by atoms with van der Waals surface area (Å²) in [5.74, 6) is -0.230. The van der Waals surface area contributed by atoms with Crippen LogP contribution in [-0.2, 0) is 9.59 Å². The second-order valence-corrected chi connectivity index (χ2v) is 4.76. The third-order valence-electron chi connectivity index (χ3n) is 3.30. The van der Waals surface area contributed by atoms with E-state index in [9.17, 15) is 19.7 Å². The Kier molecular flexibility index (Phi) is 3.98. The van der Waals surface area contributed by atoms with Gasteiger partial charge in [0, 0.05) is 35.9 Å². The van der Waals surface area contributed by atoms with Crippen molar-refractivity contribution in [1.82, 2.24) is 5.32 Å². The van der Waals surface area contributed by atoms with Crippen LogP contribution < -0.4 is 5.32 Å². The second-order valence-electron chi connectivity index (χ2n) is 4.76. The third kappa shape index (κ3) is 3.05. The number of nitrogens with zero attached hydrogens (tertiary/aromatic N) is 1. The van der Waals surface area contributed by atoms with Crippen molar-refractivity contribution in [2.45, 2.75) is 20.3 Å². The zero-order valence-electron chi connectivity index (χ0n) is 11.7. The highest BCUT2D eigenvalue weighted by Gasteiger charge is 2.21. The number of carbonyl (C=O) groups excluding carboxylic acids is 2. The van der Waals surface area contributed by atoms with Gasteiger partial charge in [-0.05, 0) is 31.5 Å². The maximum Gasteiger partial charge on any atom is 0.269 e. The first-order valence-corrected chi connectivity index (χ1v) is 6.35. The fourth-order valence-electron chi connectivity index (χ4n) is 2.11. The number of rotatable bonds is 4. The standard InChI is InChI=1S/C15H14N2O4/c1-9(18)12-7-14(10(2)19)15(16-8-12)11-3-5-13(6-4-11)17(20)21/h3-6,8,16H,7H2,1-2H3. The summed E-state index contributed by atoms with van der Waals surface area (Å²) in [4.78, 5) is 33.4. The Morgan fingerprint density at radius 3 is 2.24 bits per heavy atom. The molecule has 0 bridgehead atoms. The van der Waals surface area contributed by atoms with E-state index < -0.39 is 4.92 Å². The van der Waals surface area contributed by atoms with Crippen molar-refractivity contribution in [3.8, 4) is 0 Å². The Morgan fingerprint density at radius 2 is 1.76 bits per heavy atom. The van der Waals surface area contributed by atoms with Crippen molar-refractivity contribution in [3.05, 3.63) is 57.3 Å². The molecule has 0 radical (unpaired) electrons. The number of nitro groups is 1. The second kappa shape index (κ2) is 5.70. The number of Topliss-reactive ketones (excluding diaryl/α,β-unsaturated/α-hetero) is 2. The van der Waals surface area contributed by atoms with Crippen LogP contribution in [0, 0.1) is 10.1 Å². The topological polar surface area (TPSA) is 89.3 Å². The molecular weight excluding hydrogens is 272 g/mol. The summed E-state index contributed by atoms with van der Waals surface area (Å²) in [7, 11) is 0. The molecule has 6 nitrogen and oxygen atoms in total. The minimum atomic E-state index is -0.480. The van der Waals surface area contributed by atoms with Crippen LogP contribution >= 0.6 is 0 Å². The van der Waals surface area contributed by atoms with Gasteiger partial charge in [-0.1, -0.05) is 0 Å². The zero-order chi connectivity index (χ0) is 15.6. The van der Waals surface area contributed by atoms with Crippen LogP contribution in [0.2, 0.25) is 0 Å². The molecule has 1 heterocycles. The largest absolute Gasteiger partial charge is 0.360 e. The molecule has 0 unspecified atom stereocenters. The lowest BCUT2D eigenvalue weighted by atomic mass is 9.93. The lowest BCUT2D eigenvalue weighted by Gasteiger charge is -2.20. The van der Waals surface area contributed by atoms with E-state index in [-0.39, 0.29) is 23.7 Å². The summed E-state index contributed by atoms with van der Waals surface area (Å²) in [6.45, 7) is 2.88. The molecule has 1 aliphatic rings. The van der Waals surface area contributed by atoms with Crippen molar-refractivity contribution in [3.63, 3.8) is 0 Å². The number of nitro benzene ring substituents is 1. The highest BCUT2D eigenvalue weighted by atomic mass is 16.6. The molecule has 0 atom stereocenters. The Balaban J connectivity index is 2.40. The average molecular weight is 286 g/mol. The number of dihydropyridines is 1. The first-order valence-electron chi connectivity index (χ1n) is 6.35. The smallest absolute Gasteiger partial charge is 0.269 e. The molecule has 0 spiro atoms. The molecule has 2 rings (SSSR count). The SMILES string of the molecule is CC(=O)C1=CNC(c2ccc([N+](=O)[O-])cc2)=C(C(C)=O)C1. The van der Waals surface area contributed by atoms with Crippen LogP contribution in [-0.4, -0.2) is 16.5 Å². The summed E-state index contributed by atoms with van der Waals surface area (Å²) in [5, 5.41) is 13.6. The predicted octanol–water partition coefficient (Wildman–Crippen LogP) is 2.36. The molecule has 0 saturated heterocycles. The average Bonchev–Trinajstić information content (AvgIpc) is 2.46. The molecule has 0 aliphatic carbocycles. The molecule has 1 aromatic rings. The highest BCUT2D eigenvalue weighted by molar-refractivity contribution is 6.05. The fraction of sp³-hybridized carbons (Fsp3) is 0.200. The van der Waals surface area contributed by atoms with Crippen LogP contribution in [0.5, 0.6) is 0 Å². The maximum absolute atomic E-state index is 11.8. The van der Waals surface area contributed by atoms with Gasteiger partial charge in [0.15, 0.2) is 11.6 Å². The lowest BCUT2D eigenvalue weighted by Crippen LogP contribution is -2.19. The Labute approximate surface area is 121 Å². The van der Waals surface area contributed by atoms with Crippen LogP contribution in [0.25, 0.3) is 5.70 Å². The molecule has 0 aromatic heterocycles. The van der Waals surface area contributed by atoms with Gasteiger partial charge < -0.3 is 5.32 Å². The van der Waals surface area contributed by atoms with E-state index in [1.54, 1.807) is 18.3 Å². The molecule has 108 valence electrons. The van der Waals surface area contributed by atoms with Crippen LogP contribution in [0.4, 0.5) is 5.69 Å². The minimum Gasteiger partial charge on any atom is -0.360 e. The van der Waals surface area contributed by atoms with E-state index in [1.165, 1.54) is 26.0 Å². The number of hydrogen-bond donors (Lipinski definition) is 1. The Morgan fingerprint density at radius 1 is 1.14 bits per heavy atom. The number of ketones is 2. The van der Waals surface area contributed by atoms with Crippen molar-refractivity contribution in [2.75, 3.05) is 0 Å². The van der Waals surface area contributed by atoms with Crippen molar-refractivity contribution >= 4 is 23.0 Å².